The Labute approximate surface area is 72.5 Å². The van der Waals surface area contributed by atoms with Crippen molar-refractivity contribution in [3.8, 4) is 0 Å². The highest BCUT2D eigenvalue weighted by atomic mass is 35.5. The van der Waals surface area contributed by atoms with Crippen LogP contribution in [0.2, 0.25) is 0 Å². The molecule has 2 saturated heterocycles. The summed E-state index contributed by atoms with van der Waals surface area (Å²) in [5.41, 5.74) is 0.572. The van der Waals surface area contributed by atoms with Gasteiger partial charge in [-0.2, -0.15) is 0 Å². The number of nitrogens with zero attached hydrogens (tertiary/aromatic N) is 1. The lowest BCUT2D eigenvalue weighted by atomic mass is 9.74. The van der Waals surface area contributed by atoms with E-state index >= 15 is 0 Å². The van der Waals surface area contributed by atoms with Gasteiger partial charge in [0.25, 0.3) is 0 Å². The predicted octanol–water partition coefficient (Wildman–Crippen LogP) is -0.488. The predicted molar refractivity (Wildman–Crippen MR) is 45.1 cm³/mol. The van der Waals surface area contributed by atoms with E-state index < -0.39 is 0 Å². The largest absolute Gasteiger partial charge is 0.315 e. The Bertz CT molecular complexity index is 151. The third kappa shape index (κ3) is 1.41. The van der Waals surface area contributed by atoms with Crippen LogP contribution in [0.3, 0.4) is 0 Å². The maximum atomic E-state index is 10.1. The van der Waals surface area contributed by atoms with E-state index in [0.717, 1.165) is 32.5 Å². The number of carbonyl (C=O) groups excluding carboxylic acids is 1. The zero-order valence-corrected chi connectivity index (χ0v) is 7.19. The average Bonchev–Trinajstić information content (AvgIpc) is 1.72. The van der Waals surface area contributed by atoms with Gasteiger partial charge in [-0.1, -0.05) is 0 Å². The lowest BCUT2D eigenvalue weighted by molar-refractivity contribution is -0.113. The summed E-state index contributed by atoms with van der Waals surface area (Å²) < 4.78 is 0. The summed E-state index contributed by atoms with van der Waals surface area (Å²) in [7, 11) is 0. The first-order valence-electron chi connectivity index (χ1n) is 3.71. The standard InChI is InChI=1S/C7H12N2O.ClH/c10-2-1-9-5-7(6-9)3-8-4-7;/h2,8H,1,3-6H2;1H. The molecule has 0 unspecified atom stereocenters. The van der Waals surface area contributed by atoms with Crippen LogP contribution < -0.4 is 5.32 Å². The van der Waals surface area contributed by atoms with Crippen LogP contribution in [0.15, 0.2) is 0 Å². The van der Waals surface area contributed by atoms with Crippen LogP contribution in [0, 0.1) is 5.41 Å². The van der Waals surface area contributed by atoms with E-state index in [2.05, 4.69) is 10.2 Å². The molecule has 2 aliphatic heterocycles. The highest BCUT2D eigenvalue weighted by molar-refractivity contribution is 5.85. The summed E-state index contributed by atoms with van der Waals surface area (Å²) in [6.45, 7) is 5.18. The number of nitrogens with one attached hydrogen (secondary N) is 1. The van der Waals surface area contributed by atoms with Crippen molar-refractivity contribution in [1.82, 2.24) is 10.2 Å². The molecule has 2 rings (SSSR count). The SMILES string of the molecule is Cl.O=CCN1CC2(CNC2)C1. The summed E-state index contributed by atoms with van der Waals surface area (Å²) >= 11 is 0. The summed E-state index contributed by atoms with van der Waals surface area (Å²) in [5, 5.41) is 3.25. The van der Waals surface area contributed by atoms with Crippen LogP contribution >= 0.6 is 12.4 Å². The lowest BCUT2D eigenvalue weighted by Crippen LogP contribution is -2.71. The normalized spacial score (nSPS) is 26.5. The van der Waals surface area contributed by atoms with Gasteiger partial charge in [0.2, 0.25) is 0 Å². The van der Waals surface area contributed by atoms with E-state index in [1.807, 2.05) is 0 Å². The number of hydrogen-bond donors (Lipinski definition) is 1. The summed E-state index contributed by atoms with van der Waals surface area (Å²) in [6, 6.07) is 0. The molecule has 4 heteroatoms. The Balaban J connectivity index is 0.000000605. The number of rotatable bonds is 2. The van der Waals surface area contributed by atoms with Crippen molar-refractivity contribution in [2.75, 3.05) is 32.7 Å². The molecule has 0 aromatic carbocycles. The minimum Gasteiger partial charge on any atom is -0.315 e. The molecule has 0 radical (unpaired) electrons. The molecule has 0 saturated carbocycles. The molecular weight excluding hydrogens is 164 g/mol. The molecule has 1 spiro atoms. The van der Waals surface area contributed by atoms with Gasteiger partial charge in [0.05, 0.1) is 6.54 Å². The van der Waals surface area contributed by atoms with Crippen LogP contribution in [0.25, 0.3) is 0 Å². The van der Waals surface area contributed by atoms with Crippen molar-refractivity contribution in [3.63, 3.8) is 0 Å². The molecule has 2 fully saturated rings. The van der Waals surface area contributed by atoms with Gasteiger partial charge in [0, 0.05) is 31.6 Å². The smallest absolute Gasteiger partial charge is 0.133 e. The van der Waals surface area contributed by atoms with Crippen molar-refractivity contribution in [1.29, 1.82) is 0 Å². The van der Waals surface area contributed by atoms with Crippen LogP contribution in [-0.4, -0.2) is 43.9 Å². The Morgan fingerprint density at radius 2 is 2.09 bits per heavy atom. The molecule has 0 aromatic heterocycles. The zero-order chi connectivity index (χ0) is 7.03. The van der Waals surface area contributed by atoms with E-state index in [9.17, 15) is 4.79 Å². The van der Waals surface area contributed by atoms with Crippen molar-refractivity contribution < 1.29 is 4.79 Å². The Morgan fingerprint density at radius 3 is 2.45 bits per heavy atom. The molecule has 0 atom stereocenters. The van der Waals surface area contributed by atoms with Crippen LogP contribution in [0.5, 0.6) is 0 Å². The highest BCUT2D eigenvalue weighted by Crippen LogP contribution is 2.33. The van der Waals surface area contributed by atoms with Gasteiger partial charge in [-0.3, -0.25) is 4.90 Å². The van der Waals surface area contributed by atoms with Crippen molar-refractivity contribution in [2.45, 2.75) is 0 Å². The molecule has 2 heterocycles. The Hall–Kier alpha value is -0.120. The Kier molecular flexibility index (Phi) is 2.52. The van der Waals surface area contributed by atoms with E-state index in [-0.39, 0.29) is 12.4 Å². The van der Waals surface area contributed by atoms with Gasteiger partial charge >= 0.3 is 0 Å². The number of carbonyl (C=O) groups is 1. The van der Waals surface area contributed by atoms with Gasteiger partial charge in [-0.05, 0) is 0 Å². The third-order valence-corrected chi connectivity index (χ3v) is 2.45. The lowest BCUT2D eigenvalue weighted by Gasteiger charge is -2.55. The van der Waals surface area contributed by atoms with Gasteiger partial charge < -0.3 is 10.1 Å². The fourth-order valence-electron chi connectivity index (χ4n) is 1.84. The molecule has 3 nitrogen and oxygen atoms in total. The first-order chi connectivity index (χ1) is 4.85. The van der Waals surface area contributed by atoms with Crippen molar-refractivity contribution >= 4 is 18.7 Å². The quantitative estimate of drug-likeness (QED) is 0.577. The van der Waals surface area contributed by atoms with Gasteiger partial charge in [0.15, 0.2) is 0 Å². The van der Waals surface area contributed by atoms with Crippen molar-refractivity contribution in [2.24, 2.45) is 5.41 Å². The second-order valence-corrected chi connectivity index (χ2v) is 3.44. The van der Waals surface area contributed by atoms with Crippen molar-refractivity contribution in [3.05, 3.63) is 0 Å². The molecule has 0 bridgehead atoms. The monoisotopic (exact) mass is 176 g/mol. The third-order valence-electron chi connectivity index (χ3n) is 2.45. The average molecular weight is 177 g/mol. The second kappa shape index (κ2) is 3.09. The fourth-order valence-corrected chi connectivity index (χ4v) is 1.84. The summed E-state index contributed by atoms with van der Waals surface area (Å²) in [5.74, 6) is 0. The molecular formula is C7H13ClN2O. The number of halogens is 1. The highest BCUT2D eigenvalue weighted by Gasteiger charge is 2.46. The first-order valence-corrected chi connectivity index (χ1v) is 3.71. The molecule has 11 heavy (non-hydrogen) atoms. The van der Waals surface area contributed by atoms with Gasteiger partial charge in [-0.25, -0.2) is 0 Å². The minimum absolute atomic E-state index is 0. The zero-order valence-electron chi connectivity index (χ0n) is 6.38. The summed E-state index contributed by atoms with van der Waals surface area (Å²) in [4.78, 5) is 12.3. The molecule has 0 aromatic rings. The van der Waals surface area contributed by atoms with Crippen LogP contribution in [0.4, 0.5) is 0 Å². The topological polar surface area (TPSA) is 32.3 Å². The molecule has 64 valence electrons. The van der Waals surface area contributed by atoms with Gasteiger partial charge in [0.1, 0.15) is 6.29 Å². The second-order valence-electron chi connectivity index (χ2n) is 3.44. The number of aldehydes is 1. The molecule has 1 N–H and O–H groups in total. The number of hydrogen-bond acceptors (Lipinski definition) is 3. The number of likely N-dealkylation sites (tertiary alicyclic amines) is 1. The van der Waals surface area contributed by atoms with E-state index in [1.165, 1.54) is 0 Å². The van der Waals surface area contributed by atoms with Crippen LogP contribution in [-0.2, 0) is 4.79 Å². The molecule has 0 aliphatic carbocycles. The maximum absolute atomic E-state index is 10.1. The van der Waals surface area contributed by atoms with Crippen LogP contribution in [0.1, 0.15) is 0 Å². The first kappa shape index (κ1) is 8.97. The minimum atomic E-state index is 0. The van der Waals surface area contributed by atoms with E-state index in [1.54, 1.807) is 0 Å². The molecule has 2 aliphatic rings. The molecule has 0 amide bonds. The van der Waals surface area contributed by atoms with Gasteiger partial charge in [-0.15, -0.1) is 12.4 Å². The Morgan fingerprint density at radius 1 is 1.45 bits per heavy atom. The fraction of sp³-hybridized carbons (Fsp3) is 0.857. The maximum Gasteiger partial charge on any atom is 0.133 e. The van der Waals surface area contributed by atoms with E-state index in [0.29, 0.717) is 12.0 Å². The summed E-state index contributed by atoms with van der Waals surface area (Å²) in [6.07, 6.45) is 0.985. The van der Waals surface area contributed by atoms with E-state index in [4.69, 9.17) is 0 Å².